The van der Waals surface area contributed by atoms with Crippen molar-refractivity contribution in [2.75, 3.05) is 19.6 Å². The first-order chi connectivity index (χ1) is 10.7. The minimum Gasteiger partial charge on any atom is -0.443 e. The number of carbonyl (C=O) groups is 2. The SMILES string of the molecule is CC(C)(C)OC(=O)N(CCN)C(=O)NCCc1ccccc1Cl. The fraction of sp³-hybridized carbons (Fsp3) is 0.500. The number of ether oxygens (including phenoxy) is 1. The third kappa shape index (κ3) is 6.88. The number of rotatable bonds is 5. The number of nitrogens with one attached hydrogen (secondary N) is 1. The number of amides is 3. The zero-order valence-corrected chi connectivity index (χ0v) is 14.5. The van der Waals surface area contributed by atoms with Crippen molar-refractivity contribution < 1.29 is 14.3 Å². The highest BCUT2D eigenvalue weighted by molar-refractivity contribution is 6.31. The number of imide groups is 1. The molecule has 0 saturated carbocycles. The molecule has 128 valence electrons. The van der Waals surface area contributed by atoms with Crippen LogP contribution in [0, 0.1) is 0 Å². The minimum atomic E-state index is -0.710. The normalized spacial score (nSPS) is 11.0. The van der Waals surface area contributed by atoms with Crippen LogP contribution in [0.2, 0.25) is 5.02 Å². The molecular weight excluding hydrogens is 318 g/mol. The minimum absolute atomic E-state index is 0.0901. The van der Waals surface area contributed by atoms with Gasteiger partial charge in [-0.3, -0.25) is 0 Å². The molecule has 0 radical (unpaired) electrons. The lowest BCUT2D eigenvalue weighted by Crippen LogP contribution is -2.48. The Morgan fingerprint density at radius 3 is 2.52 bits per heavy atom. The van der Waals surface area contributed by atoms with Gasteiger partial charge in [-0.2, -0.15) is 0 Å². The Bertz CT molecular complexity index is 544. The van der Waals surface area contributed by atoms with Gasteiger partial charge in [0.05, 0.1) is 0 Å². The van der Waals surface area contributed by atoms with E-state index in [0.29, 0.717) is 18.0 Å². The lowest BCUT2D eigenvalue weighted by molar-refractivity contribution is 0.0325. The molecule has 3 amide bonds. The van der Waals surface area contributed by atoms with Crippen LogP contribution in [-0.4, -0.2) is 42.3 Å². The molecule has 0 aliphatic rings. The third-order valence-corrected chi connectivity index (χ3v) is 3.21. The van der Waals surface area contributed by atoms with Crippen LogP contribution in [0.25, 0.3) is 0 Å². The number of halogens is 1. The first-order valence-electron chi connectivity index (χ1n) is 7.46. The van der Waals surface area contributed by atoms with E-state index in [0.717, 1.165) is 10.5 Å². The van der Waals surface area contributed by atoms with Crippen LogP contribution in [0.3, 0.4) is 0 Å². The Labute approximate surface area is 141 Å². The molecule has 7 heteroatoms. The van der Waals surface area contributed by atoms with Crippen LogP contribution in [0.15, 0.2) is 24.3 Å². The van der Waals surface area contributed by atoms with Gasteiger partial charge in [-0.15, -0.1) is 0 Å². The summed E-state index contributed by atoms with van der Waals surface area (Å²) in [5.41, 5.74) is 5.71. The standard InChI is InChI=1S/C16H24ClN3O3/c1-16(2,3)23-15(22)20(11-9-18)14(21)19-10-8-12-6-4-5-7-13(12)17/h4-7H,8-11,18H2,1-3H3,(H,19,21). The first kappa shape index (κ1) is 19.3. The van der Waals surface area contributed by atoms with Crippen molar-refractivity contribution in [3.05, 3.63) is 34.9 Å². The van der Waals surface area contributed by atoms with Gasteiger partial charge in [0, 0.05) is 24.7 Å². The van der Waals surface area contributed by atoms with Gasteiger partial charge < -0.3 is 15.8 Å². The van der Waals surface area contributed by atoms with E-state index >= 15 is 0 Å². The second-order valence-electron chi connectivity index (χ2n) is 5.99. The summed E-state index contributed by atoms with van der Waals surface area (Å²) in [7, 11) is 0. The van der Waals surface area contributed by atoms with Crippen LogP contribution >= 0.6 is 11.6 Å². The Morgan fingerprint density at radius 1 is 1.30 bits per heavy atom. The van der Waals surface area contributed by atoms with E-state index < -0.39 is 17.7 Å². The fourth-order valence-corrected chi connectivity index (χ4v) is 2.05. The highest BCUT2D eigenvalue weighted by Gasteiger charge is 2.26. The lowest BCUT2D eigenvalue weighted by Gasteiger charge is -2.26. The monoisotopic (exact) mass is 341 g/mol. The molecule has 0 aromatic heterocycles. The van der Waals surface area contributed by atoms with Crippen molar-refractivity contribution in [2.45, 2.75) is 32.8 Å². The molecular formula is C16H24ClN3O3. The molecule has 0 spiro atoms. The van der Waals surface area contributed by atoms with Gasteiger partial charge in [-0.25, -0.2) is 14.5 Å². The van der Waals surface area contributed by atoms with E-state index in [1.54, 1.807) is 26.8 Å². The highest BCUT2D eigenvalue weighted by Crippen LogP contribution is 2.15. The second kappa shape index (κ2) is 8.74. The summed E-state index contributed by atoms with van der Waals surface area (Å²) < 4.78 is 5.21. The van der Waals surface area contributed by atoms with E-state index in [2.05, 4.69) is 5.32 Å². The molecule has 0 unspecified atom stereocenters. The van der Waals surface area contributed by atoms with Gasteiger partial charge >= 0.3 is 12.1 Å². The summed E-state index contributed by atoms with van der Waals surface area (Å²) in [6.07, 6.45) is -0.144. The molecule has 1 aromatic carbocycles. The second-order valence-corrected chi connectivity index (χ2v) is 6.40. The summed E-state index contributed by atoms with van der Waals surface area (Å²) >= 11 is 6.06. The maximum Gasteiger partial charge on any atom is 0.418 e. The van der Waals surface area contributed by atoms with Gasteiger partial charge in [0.25, 0.3) is 0 Å². The van der Waals surface area contributed by atoms with Crippen LogP contribution in [0.5, 0.6) is 0 Å². The lowest BCUT2D eigenvalue weighted by atomic mass is 10.1. The summed E-state index contributed by atoms with van der Waals surface area (Å²) in [4.78, 5) is 25.2. The van der Waals surface area contributed by atoms with Crippen molar-refractivity contribution in [3.8, 4) is 0 Å². The first-order valence-corrected chi connectivity index (χ1v) is 7.84. The molecule has 6 nitrogen and oxygen atoms in total. The third-order valence-electron chi connectivity index (χ3n) is 2.84. The molecule has 0 heterocycles. The molecule has 0 aliphatic carbocycles. The molecule has 1 rings (SSSR count). The predicted molar refractivity (Wildman–Crippen MR) is 90.5 cm³/mol. The summed E-state index contributed by atoms with van der Waals surface area (Å²) in [5.74, 6) is 0. The number of hydrogen-bond donors (Lipinski definition) is 2. The highest BCUT2D eigenvalue weighted by atomic mass is 35.5. The smallest absolute Gasteiger partial charge is 0.418 e. The maximum absolute atomic E-state index is 12.2. The van der Waals surface area contributed by atoms with E-state index in [1.807, 2.05) is 18.2 Å². The van der Waals surface area contributed by atoms with Crippen LogP contribution in [-0.2, 0) is 11.2 Å². The van der Waals surface area contributed by atoms with Gasteiger partial charge in [0.1, 0.15) is 5.60 Å². The van der Waals surface area contributed by atoms with Gasteiger partial charge in [-0.05, 0) is 38.8 Å². The summed E-state index contributed by atoms with van der Waals surface area (Å²) in [6.45, 7) is 5.82. The summed E-state index contributed by atoms with van der Waals surface area (Å²) in [6, 6.07) is 6.87. The Hall–Kier alpha value is -1.79. The van der Waals surface area contributed by atoms with Crippen molar-refractivity contribution in [3.63, 3.8) is 0 Å². The quantitative estimate of drug-likeness (QED) is 0.862. The molecule has 0 aliphatic heterocycles. The zero-order valence-electron chi connectivity index (χ0n) is 13.8. The Kier molecular flexibility index (Phi) is 7.32. The van der Waals surface area contributed by atoms with E-state index in [9.17, 15) is 9.59 Å². The number of hydrogen-bond acceptors (Lipinski definition) is 4. The largest absolute Gasteiger partial charge is 0.443 e. The van der Waals surface area contributed by atoms with Crippen molar-refractivity contribution >= 4 is 23.7 Å². The maximum atomic E-state index is 12.2. The molecule has 0 atom stereocenters. The van der Waals surface area contributed by atoms with Crippen LogP contribution < -0.4 is 11.1 Å². The van der Waals surface area contributed by atoms with Crippen molar-refractivity contribution in [1.29, 1.82) is 0 Å². The van der Waals surface area contributed by atoms with Crippen LogP contribution in [0.4, 0.5) is 9.59 Å². The number of nitrogens with zero attached hydrogens (tertiary/aromatic N) is 1. The average Bonchev–Trinajstić information content (AvgIpc) is 2.44. The molecule has 1 aromatic rings. The predicted octanol–water partition coefficient (Wildman–Crippen LogP) is 2.79. The molecule has 23 heavy (non-hydrogen) atoms. The summed E-state index contributed by atoms with van der Waals surface area (Å²) in [5, 5.41) is 3.33. The molecule has 3 N–H and O–H groups in total. The average molecular weight is 342 g/mol. The topological polar surface area (TPSA) is 84.7 Å². The fourth-order valence-electron chi connectivity index (χ4n) is 1.82. The molecule has 0 saturated heterocycles. The number of carbonyl (C=O) groups excluding carboxylic acids is 2. The van der Waals surface area contributed by atoms with Gasteiger partial charge in [0.15, 0.2) is 0 Å². The van der Waals surface area contributed by atoms with E-state index in [1.165, 1.54) is 0 Å². The Balaban J connectivity index is 2.57. The van der Waals surface area contributed by atoms with Crippen LogP contribution in [0.1, 0.15) is 26.3 Å². The molecule has 0 fully saturated rings. The molecule has 0 bridgehead atoms. The van der Waals surface area contributed by atoms with Crippen molar-refractivity contribution in [2.24, 2.45) is 5.73 Å². The van der Waals surface area contributed by atoms with E-state index in [4.69, 9.17) is 22.1 Å². The Morgan fingerprint density at radius 2 is 1.96 bits per heavy atom. The van der Waals surface area contributed by atoms with Gasteiger partial charge in [0.2, 0.25) is 0 Å². The number of benzene rings is 1. The van der Waals surface area contributed by atoms with Gasteiger partial charge in [-0.1, -0.05) is 29.8 Å². The number of nitrogens with two attached hydrogens (primary N) is 1. The number of urea groups is 1. The zero-order chi connectivity index (χ0) is 17.5. The van der Waals surface area contributed by atoms with Crippen molar-refractivity contribution in [1.82, 2.24) is 10.2 Å². The van der Waals surface area contributed by atoms with E-state index in [-0.39, 0.29) is 13.1 Å².